The lowest BCUT2D eigenvalue weighted by atomic mass is 9.47. The first-order valence-corrected chi connectivity index (χ1v) is 12.1. The van der Waals surface area contributed by atoms with Gasteiger partial charge in [0, 0.05) is 17.7 Å². The van der Waals surface area contributed by atoms with Crippen molar-refractivity contribution >= 4 is 12.0 Å². The number of aromatic nitrogens is 1. The van der Waals surface area contributed by atoms with E-state index in [1.54, 1.807) is 11.6 Å². The van der Waals surface area contributed by atoms with Crippen molar-refractivity contribution in [2.24, 2.45) is 34.5 Å². The molecule has 0 bridgehead atoms. The number of amides is 1. The Morgan fingerprint density at radius 3 is 2.80 bits per heavy atom. The number of hydrogen-bond acceptors (Lipinski definition) is 2. The number of nitrogens with one attached hydrogen (secondary N) is 1. The molecular formula is C27H36N2O. The molecule has 3 aliphatic carbocycles. The normalized spacial score (nSPS) is 42.8. The Morgan fingerprint density at radius 1 is 1.17 bits per heavy atom. The molecule has 0 radical (unpaired) electrons. The first-order valence-electron chi connectivity index (χ1n) is 12.1. The number of fused-ring (bicyclic) bond motifs is 5. The zero-order valence-corrected chi connectivity index (χ0v) is 18.7. The zero-order valence-electron chi connectivity index (χ0n) is 18.7. The summed E-state index contributed by atoms with van der Waals surface area (Å²) in [5.41, 5.74) is 3.24. The van der Waals surface area contributed by atoms with E-state index in [2.05, 4.69) is 55.4 Å². The second-order valence-electron chi connectivity index (χ2n) is 10.7. The van der Waals surface area contributed by atoms with Gasteiger partial charge in [-0.3, -0.25) is 9.78 Å². The van der Waals surface area contributed by atoms with Crippen molar-refractivity contribution in [1.82, 2.24) is 10.3 Å². The zero-order chi connectivity index (χ0) is 20.9. The molecule has 3 nitrogen and oxygen atoms in total. The van der Waals surface area contributed by atoms with Gasteiger partial charge in [-0.2, -0.15) is 0 Å². The fourth-order valence-electron chi connectivity index (χ4n) is 8.04. The molecule has 3 fully saturated rings. The van der Waals surface area contributed by atoms with Gasteiger partial charge in [-0.1, -0.05) is 38.5 Å². The summed E-state index contributed by atoms with van der Waals surface area (Å²) in [6.45, 7) is 7.33. The molecule has 1 aliphatic heterocycles. The second kappa shape index (κ2) is 7.35. The molecule has 3 heteroatoms. The van der Waals surface area contributed by atoms with Gasteiger partial charge in [0.1, 0.15) is 0 Å². The van der Waals surface area contributed by atoms with Gasteiger partial charge in [0.05, 0.1) is 5.69 Å². The summed E-state index contributed by atoms with van der Waals surface area (Å²) in [5, 5.41) is 3.28. The summed E-state index contributed by atoms with van der Waals surface area (Å²) in [4.78, 5) is 16.5. The molecule has 160 valence electrons. The van der Waals surface area contributed by atoms with Crippen LogP contribution in [-0.4, -0.2) is 16.9 Å². The van der Waals surface area contributed by atoms with Crippen LogP contribution in [0.3, 0.4) is 0 Å². The maximum Gasteiger partial charge on any atom is 0.243 e. The van der Waals surface area contributed by atoms with Crippen LogP contribution in [0, 0.1) is 34.5 Å². The van der Waals surface area contributed by atoms with Crippen LogP contribution in [0.25, 0.3) is 6.08 Å². The van der Waals surface area contributed by atoms with Crippen LogP contribution < -0.4 is 5.32 Å². The molecule has 2 heterocycles. The maximum absolute atomic E-state index is 11.9. The standard InChI is InChI=1S/C27H36N2O/c1-4-18(17-19-7-5-6-16-28-19)21-9-10-22-20-8-11-24-27(3,15-13-25(30)29-24)23(20)12-14-26(21,22)2/h5-7,13,15-17,20-24H,4,8-12,14H2,1-3H3,(H,29,30)/b18-17+/t20-,21+,22-,23-,24?,26+,27+/m0/s1. The minimum Gasteiger partial charge on any atom is -0.349 e. The number of carbonyl (C=O) groups is 1. The van der Waals surface area contributed by atoms with E-state index in [1.165, 1.54) is 32.1 Å². The molecule has 1 aromatic heterocycles. The van der Waals surface area contributed by atoms with Crippen molar-refractivity contribution in [3.05, 3.63) is 47.8 Å². The first-order chi connectivity index (χ1) is 14.5. The lowest BCUT2D eigenvalue weighted by Crippen LogP contribution is -2.59. The molecule has 1 N–H and O–H groups in total. The number of allylic oxidation sites excluding steroid dienone is 1. The lowest BCUT2D eigenvalue weighted by molar-refractivity contribution is -0.122. The van der Waals surface area contributed by atoms with E-state index >= 15 is 0 Å². The Bertz CT molecular complexity index is 874. The summed E-state index contributed by atoms with van der Waals surface area (Å²) < 4.78 is 0. The van der Waals surface area contributed by atoms with Crippen molar-refractivity contribution in [3.8, 4) is 0 Å². The highest BCUT2D eigenvalue weighted by molar-refractivity contribution is 5.89. The van der Waals surface area contributed by atoms with Crippen LogP contribution >= 0.6 is 0 Å². The molecule has 1 unspecified atom stereocenters. The van der Waals surface area contributed by atoms with E-state index in [1.807, 2.05) is 12.3 Å². The minimum atomic E-state index is 0.102. The van der Waals surface area contributed by atoms with Crippen molar-refractivity contribution in [2.75, 3.05) is 0 Å². The number of carbonyl (C=O) groups excluding carboxylic acids is 1. The fraction of sp³-hybridized carbons (Fsp3) is 0.630. The monoisotopic (exact) mass is 404 g/mol. The maximum atomic E-state index is 11.9. The Kier molecular flexibility index (Phi) is 4.91. The van der Waals surface area contributed by atoms with Gasteiger partial charge in [-0.25, -0.2) is 0 Å². The third-order valence-corrected chi connectivity index (χ3v) is 9.56. The predicted molar refractivity (Wildman–Crippen MR) is 121 cm³/mol. The molecule has 7 atom stereocenters. The van der Waals surface area contributed by atoms with Crippen molar-refractivity contribution in [1.29, 1.82) is 0 Å². The Balaban J connectivity index is 1.43. The van der Waals surface area contributed by atoms with E-state index in [0.717, 1.165) is 30.4 Å². The minimum absolute atomic E-state index is 0.102. The molecule has 1 amide bonds. The number of nitrogens with zero attached hydrogens (tertiary/aromatic N) is 1. The first kappa shape index (κ1) is 20.0. The lowest BCUT2D eigenvalue weighted by Gasteiger charge is -2.59. The van der Waals surface area contributed by atoms with Gasteiger partial charge >= 0.3 is 0 Å². The van der Waals surface area contributed by atoms with Gasteiger partial charge in [0.15, 0.2) is 0 Å². The summed E-state index contributed by atoms with van der Waals surface area (Å²) in [5.74, 6) is 3.09. The molecule has 0 saturated heterocycles. The number of hydrogen-bond donors (Lipinski definition) is 1. The van der Waals surface area contributed by atoms with Crippen molar-refractivity contribution < 1.29 is 4.79 Å². The smallest absolute Gasteiger partial charge is 0.243 e. The third kappa shape index (κ3) is 2.99. The molecule has 5 rings (SSSR count). The highest BCUT2D eigenvalue weighted by Crippen LogP contribution is 2.66. The molecule has 0 spiro atoms. The molecule has 1 aromatic rings. The summed E-state index contributed by atoms with van der Waals surface area (Å²) in [6.07, 6.45) is 17.2. The van der Waals surface area contributed by atoms with Crippen molar-refractivity contribution in [3.63, 3.8) is 0 Å². The van der Waals surface area contributed by atoms with Crippen molar-refractivity contribution in [2.45, 2.75) is 71.8 Å². The topological polar surface area (TPSA) is 42.0 Å². The van der Waals surface area contributed by atoms with Crippen LogP contribution in [0.2, 0.25) is 0 Å². The molecular weight excluding hydrogens is 368 g/mol. The summed E-state index contributed by atoms with van der Waals surface area (Å²) >= 11 is 0. The quantitative estimate of drug-likeness (QED) is 0.693. The van der Waals surface area contributed by atoms with Gasteiger partial charge in [0.2, 0.25) is 5.91 Å². The van der Waals surface area contributed by atoms with Gasteiger partial charge < -0.3 is 5.32 Å². The summed E-state index contributed by atoms with van der Waals surface area (Å²) in [6, 6.07) is 6.54. The highest BCUT2D eigenvalue weighted by atomic mass is 16.1. The van der Waals surface area contributed by atoms with Gasteiger partial charge in [0.25, 0.3) is 0 Å². The van der Waals surface area contributed by atoms with Gasteiger partial charge in [-0.05, 0) is 98.3 Å². The SMILES string of the molecule is CC/C(=C\c1ccccn1)[C@H]1CC[C@H]2[C@@H]3CCC4NC(=O)C=C[C@]4(C)[C@H]3CC[C@]12C. The van der Waals surface area contributed by atoms with Crippen LogP contribution in [0.1, 0.15) is 71.4 Å². The van der Waals surface area contributed by atoms with Gasteiger partial charge in [-0.15, -0.1) is 0 Å². The number of rotatable bonds is 3. The molecule has 3 saturated carbocycles. The van der Waals surface area contributed by atoms with Crippen LogP contribution in [0.5, 0.6) is 0 Å². The Labute approximate surface area is 181 Å². The van der Waals surface area contributed by atoms with Crippen LogP contribution in [-0.2, 0) is 4.79 Å². The summed E-state index contributed by atoms with van der Waals surface area (Å²) in [7, 11) is 0. The van der Waals surface area contributed by atoms with E-state index in [9.17, 15) is 4.79 Å². The third-order valence-electron chi connectivity index (χ3n) is 9.56. The van der Waals surface area contributed by atoms with Crippen LogP contribution in [0.15, 0.2) is 42.1 Å². The molecule has 0 aromatic carbocycles. The fourth-order valence-corrected chi connectivity index (χ4v) is 8.04. The Hall–Kier alpha value is -1.90. The van der Waals surface area contributed by atoms with E-state index < -0.39 is 0 Å². The average Bonchev–Trinajstić information content (AvgIpc) is 3.10. The van der Waals surface area contributed by atoms with E-state index in [4.69, 9.17) is 0 Å². The number of pyridine rings is 1. The highest BCUT2D eigenvalue weighted by Gasteiger charge is 2.59. The van der Waals surface area contributed by atoms with E-state index in [-0.39, 0.29) is 11.3 Å². The predicted octanol–water partition coefficient (Wildman–Crippen LogP) is 5.79. The Morgan fingerprint density at radius 2 is 2.03 bits per heavy atom. The van der Waals surface area contributed by atoms with E-state index in [0.29, 0.717) is 23.3 Å². The molecule has 4 aliphatic rings. The average molecular weight is 405 g/mol. The van der Waals surface area contributed by atoms with Crippen LogP contribution in [0.4, 0.5) is 0 Å². The largest absolute Gasteiger partial charge is 0.349 e. The molecule has 30 heavy (non-hydrogen) atoms. The second-order valence-corrected chi connectivity index (χ2v) is 10.7.